The summed E-state index contributed by atoms with van der Waals surface area (Å²) in [6.45, 7) is 7.15. The van der Waals surface area contributed by atoms with Crippen LogP contribution in [0.25, 0.3) is 0 Å². The third kappa shape index (κ3) is 4.06. The van der Waals surface area contributed by atoms with Crippen LogP contribution in [0.15, 0.2) is 0 Å². The van der Waals surface area contributed by atoms with Crippen LogP contribution in [0.3, 0.4) is 0 Å². The molecule has 13 heavy (non-hydrogen) atoms. The first kappa shape index (κ1) is 12.1. The van der Waals surface area contributed by atoms with E-state index in [-0.39, 0.29) is 23.7 Å². The fourth-order valence-electron chi connectivity index (χ4n) is 1.09. The number of amides is 1. The standard InChI is InChI=1S/C10H19NO2/c1-5-9(6-2)10(13)11-7(3)8(4)12/h7,9H,5-6H2,1-4H3,(H,11,13). The molecule has 1 atom stereocenters. The number of hydrogen-bond acceptors (Lipinski definition) is 2. The minimum Gasteiger partial charge on any atom is -0.346 e. The molecule has 0 spiro atoms. The van der Waals surface area contributed by atoms with Gasteiger partial charge in [-0.25, -0.2) is 0 Å². The molecule has 0 saturated carbocycles. The predicted octanol–water partition coefficient (Wildman–Crippen LogP) is 1.52. The fraction of sp³-hybridized carbons (Fsp3) is 0.800. The Balaban J connectivity index is 4.05. The number of carbonyl (C=O) groups is 2. The van der Waals surface area contributed by atoms with Gasteiger partial charge in [-0.2, -0.15) is 0 Å². The Morgan fingerprint density at radius 3 is 2.00 bits per heavy atom. The zero-order chi connectivity index (χ0) is 10.4. The summed E-state index contributed by atoms with van der Waals surface area (Å²) in [5.74, 6) is 0.0359. The third-order valence-electron chi connectivity index (χ3n) is 2.32. The highest BCUT2D eigenvalue weighted by molar-refractivity contribution is 5.87. The highest BCUT2D eigenvalue weighted by Crippen LogP contribution is 2.07. The van der Waals surface area contributed by atoms with E-state index in [9.17, 15) is 9.59 Å². The van der Waals surface area contributed by atoms with Crippen LogP contribution < -0.4 is 5.32 Å². The van der Waals surface area contributed by atoms with Crippen LogP contribution in [-0.4, -0.2) is 17.7 Å². The van der Waals surface area contributed by atoms with Gasteiger partial charge in [-0.1, -0.05) is 13.8 Å². The number of ketones is 1. The molecule has 0 aromatic heterocycles. The monoisotopic (exact) mass is 185 g/mol. The molecule has 0 aromatic carbocycles. The Morgan fingerprint density at radius 1 is 1.23 bits per heavy atom. The smallest absolute Gasteiger partial charge is 0.223 e. The molecule has 0 aliphatic rings. The number of carbonyl (C=O) groups excluding carboxylic acids is 2. The molecule has 76 valence electrons. The van der Waals surface area contributed by atoms with E-state index in [2.05, 4.69) is 5.32 Å². The van der Waals surface area contributed by atoms with Crippen molar-refractivity contribution in [2.75, 3.05) is 0 Å². The first-order chi connectivity index (χ1) is 6.02. The van der Waals surface area contributed by atoms with Crippen LogP contribution in [-0.2, 0) is 9.59 Å². The van der Waals surface area contributed by atoms with E-state index >= 15 is 0 Å². The second kappa shape index (κ2) is 5.73. The quantitative estimate of drug-likeness (QED) is 0.705. The molecule has 0 fully saturated rings. The fourth-order valence-corrected chi connectivity index (χ4v) is 1.09. The van der Waals surface area contributed by atoms with E-state index in [0.717, 1.165) is 12.8 Å². The van der Waals surface area contributed by atoms with Crippen molar-refractivity contribution in [1.82, 2.24) is 5.32 Å². The summed E-state index contributed by atoms with van der Waals surface area (Å²) in [6, 6.07) is -0.354. The van der Waals surface area contributed by atoms with Gasteiger partial charge in [0, 0.05) is 5.92 Å². The highest BCUT2D eigenvalue weighted by atomic mass is 16.2. The van der Waals surface area contributed by atoms with Crippen molar-refractivity contribution in [3.8, 4) is 0 Å². The van der Waals surface area contributed by atoms with Crippen molar-refractivity contribution in [1.29, 1.82) is 0 Å². The molecule has 0 aliphatic heterocycles. The Labute approximate surface area is 79.9 Å². The second-order valence-electron chi connectivity index (χ2n) is 3.35. The summed E-state index contributed by atoms with van der Waals surface area (Å²) in [5.41, 5.74) is 0. The van der Waals surface area contributed by atoms with Crippen molar-refractivity contribution >= 4 is 11.7 Å². The van der Waals surface area contributed by atoms with Crippen molar-refractivity contribution in [2.45, 2.75) is 46.6 Å². The summed E-state index contributed by atoms with van der Waals surface area (Å²) in [5, 5.41) is 2.69. The number of rotatable bonds is 5. The van der Waals surface area contributed by atoms with E-state index in [1.165, 1.54) is 6.92 Å². The maximum atomic E-state index is 11.5. The Morgan fingerprint density at radius 2 is 1.69 bits per heavy atom. The molecular weight excluding hydrogens is 166 g/mol. The average molecular weight is 185 g/mol. The van der Waals surface area contributed by atoms with Crippen LogP contribution in [0.5, 0.6) is 0 Å². The molecule has 0 radical (unpaired) electrons. The van der Waals surface area contributed by atoms with Crippen LogP contribution in [0.2, 0.25) is 0 Å². The van der Waals surface area contributed by atoms with Gasteiger partial charge in [-0.15, -0.1) is 0 Å². The lowest BCUT2D eigenvalue weighted by Gasteiger charge is -2.15. The minimum atomic E-state index is -0.354. The lowest BCUT2D eigenvalue weighted by Crippen LogP contribution is -2.40. The van der Waals surface area contributed by atoms with Crippen molar-refractivity contribution < 1.29 is 9.59 Å². The van der Waals surface area contributed by atoms with Crippen molar-refractivity contribution in [3.05, 3.63) is 0 Å². The molecule has 1 N–H and O–H groups in total. The summed E-state index contributed by atoms with van der Waals surface area (Å²) < 4.78 is 0. The van der Waals surface area contributed by atoms with Crippen LogP contribution in [0.4, 0.5) is 0 Å². The summed E-state index contributed by atoms with van der Waals surface area (Å²) in [7, 11) is 0. The van der Waals surface area contributed by atoms with Crippen LogP contribution in [0, 0.1) is 5.92 Å². The van der Waals surface area contributed by atoms with E-state index in [1.54, 1.807) is 6.92 Å². The van der Waals surface area contributed by atoms with Crippen molar-refractivity contribution in [3.63, 3.8) is 0 Å². The SMILES string of the molecule is CCC(CC)C(=O)NC(C)C(C)=O. The maximum absolute atomic E-state index is 11.5. The molecule has 0 aliphatic carbocycles. The van der Waals surface area contributed by atoms with Gasteiger partial charge < -0.3 is 5.32 Å². The van der Waals surface area contributed by atoms with Gasteiger partial charge in [0.2, 0.25) is 5.91 Å². The van der Waals surface area contributed by atoms with E-state index in [4.69, 9.17) is 0 Å². The summed E-state index contributed by atoms with van der Waals surface area (Å²) in [4.78, 5) is 22.3. The largest absolute Gasteiger partial charge is 0.346 e. The van der Waals surface area contributed by atoms with Gasteiger partial charge in [0.05, 0.1) is 6.04 Å². The van der Waals surface area contributed by atoms with Crippen molar-refractivity contribution in [2.24, 2.45) is 5.92 Å². The zero-order valence-corrected chi connectivity index (χ0v) is 8.89. The first-order valence-electron chi connectivity index (χ1n) is 4.83. The van der Waals surface area contributed by atoms with Gasteiger partial charge in [-0.05, 0) is 26.7 Å². The number of hydrogen-bond donors (Lipinski definition) is 1. The maximum Gasteiger partial charge on any atom is 0.223 e. The minimum absolute atomic E-state index is 0.000642. The zero-order valence-electron chi connectivity index (χ0n) is 8.89. The van der Waals surface area contributed by atoms with Crippen LogP contribution in [0.1, 0.15) is 40.5 Å². The second-order valence-corrected chi connectivity index (χ2v) is 3.35. The summed E-state index contributed by atoms with van der Waals surface area (Å²) in [6.07, 6.45) is 1.65. The van der Waals surface area contributed by atoms with Gasteiger partial charge in [-0.3, -0.25) is 9.59 Å². The third-order valence-corrected chi connectivity index (χ3v) is 2.32. The molecule has 1 amide bonds. The molecule has 0 rings (SSSR count). The molecule has 3 heteroatoms. The lowest BCUT2D eigenvalue weighted by atomic mass is 10.0. The van der Waals surface area contributed by atoms with E-state index < -0.39 is 0 Å². The molecule has 0 aromatic rings. The lowest BCUT2D eigenvalue weighted by molar-refractivity contribution is -0.129. The molecule has 3 nitrogen and oxygen atoms in total. The predicted molar refractivity (Wildman–Crippen MR) is 52.4 cm³/mol. The van der Waals surface area contributed by atoms with Gasteiger partial charge in [0.25, 0.3) is 0 Å². The van der Waals surface area contributed by atoms with E-state index in [0.29, 0.717) is 0 Å². The van der Waals surface area contributed by atoms with Gasteiger partial charge in [0.15, 0.2) is 5.78 Å². The van der Waals surface area contributed by atoms with Gasteiger partial charge in [0.1, 0.15) is 0 Å². The normalized spacial score (nSPS) is 12.7. The molecule has 0 bridgehead atoms. The molecule has 0 heterocycles. The number of Topliss-reactive ketones (excluding diaryl/α,β-unsaturated/α-hetero) is 1. The molecule has 0 saturated heterocycles. The van der Waals surface area contributed by atoms with Crippen LogP contribution >= 0.6 is 0 Å². The Kier molecular flexibility index (Phi) is 5.35. The Bertz CT molecular complexity index is 185. The topological polar surface area (TPSA) is 46.2 Å². The van der Waals surface area contributed by atoms with Gasteiger partial charge >= 0.3 is 0 Å². The van der Waals surface area contributed by atoms with E-state index in [1.807, 2.05) is 13.8 Å². The molecule has 1 unspecified atom stereocenters. The Hall–Kier alpha value is -0.860. The first-order valence-corrected chi connectivity index (χ1v) is 4.83. The average Bonchev–Trinajstić information content (AvgIpc) is 2.06. The highest BCUT2D eigenvalue weighted by Gasteiger charge is 2.17. The molecular formula is C10H19NO2. The summed E-state index contributed by atoms with van der Waals surface area (Å²) >= 11 is 0. The number of nitrogens with one attached hydrogen (secondary N) is 1.